The maximum atomic E-state index is 12.6. The summed E-state index contributed by atoms with van der Waals surface area (Å²) in [7, 11) is 0. The van der Waals surface area contributed by atoms with Crippen molar-refractivity contribution in [3.63, 3.8) is 0 Å². The second-order valence-corrected chi connectivity index (χ2v) is 7.68. The van der Waals surface area contributed by atoms with E-state index in [-0.39, 0.29) is 5.91 Å². The van der Waals surface area contributed by atoms with Crippen molar-refractivity contribution in [2.24, 2.45) is 0 Å². The van der Waals surface area contributed by atoms with Crippen LogP contribution in [0.2, 0.25) is 5.02 Å². The Morgan fingerprint density at radius 3 is 2.29 bits per heavy atom. The minimum absolute atomic E-state index is 0.257. The van der Waals surface area contributed by atoms with Crippen LogP contribution in [-0.4, -0.2) is 34.0 Å². The number of hydrogen-bond acceptors (Lipinski definition) is 4. The molecule has 0 radical (unpaired) electrons. The summed E-state index contributed by atoms with van der Waals surface area (Å²) in [5, 5.41) is 12.6. The van der Waals surface area contributed by atoms with Gasteiger partial charge >= 0.3 is 0 Å². The van der Waals surface area contributed by atoms with Crippen LogP contribution < -0.4 is 10.2 Å². The molecule has 0 fully saturated rings. The van der Waals surface area contributed by atoms with Gasteiger partial charge in [-0.15, -0.1) is 10.2 Å². The number of benzene rings is 3. The van der Waals surface area contributed by atoms with E-state index in [0.717, 1.165) is 29.9 Å². The van der Waals surface area contributed by atoms with Gasteiger partial charge in [0.25, 0.3) is 5.91 Å². The zero-order chi connectivity index (χ0) is 22.0. The molecular formula is C24H24ClN5O. The van der Waals surface area contributed by atoms with E-state index in [2.05, 4.69) is 46.4 Å². The highest BCUT2D eigenvalue weighted by Gasteiger charge is 2.14. The van der Waals surface area contributed by atoms with Crippen molar-refractivity contribution in [1.29, 1.82) is 0 Å². The molecule has 158 valence electrons. The van der Waals surface area contributed by atoms with Crippen LogP contribution in [0.15, 0.2) is 60.7 Å². The van der Waals surface area contributed by atoms with Crippen LogP contribution in [0.25, 0.3) is 16.7 Å². The van der Waals surface area contributed by atoms with Crippen molar-refractivity contribution < 1.29 is 4.79 Å². The topological polar surface area (TPSA) is 63.1 Å². The largest absolute Gasteiger partial charge is 0.372 e. The number of rotatable bonds is 6. The molecule has 0 aliphatic heterocycles. The van der Waals surface area contributed by atoms with Gasteiger partial charge in [-0.05, 0) is 74.9 Å². The Labute approximate surface area is 186 Å². The lowest BCUT2D eigenvalue weighted by Crippen LogP contribution is -2.21. The summed E-state index contributed by atoms with van der Waals surface area (Å²) >= 11 is 6.15. The van der Waals surface area contributed by atoms with Crippen LogP contribution in [-0.2, 0) is 0 Å². The van der Waals surface area contributed by atoms with Crippen LogP contribution in [0.5, 0.6) is 0 Å². The van der Waals surface area contributed by atoms with E-state index in [4.69, 9.17) is 11.6 Å². The Kier molecular flexibility index (Phi) is 5.91. The van der Waals surface area contributed by atoms with Gasteiger partial charge in [0.15, 0.2) is 0 Å². The van der Waals surface area contributed by atoms with Crippen molar-refractivity contribution in [2.75, 3.05) is 23.3 Å². The molecule has 1 aromatic heterocycles. The number of anilines is 2. The maximum Gasteiger partial charge on any atom is 0.257 e. The highest BCUT2D eigenvalue weighted by molar-refractivity contribution is 6.34. The van der Waals surface area contributed by atoms with Crippen molar-refractivity contribution >= 4 is 39.9 Å². The summed E-state index contributed by atoms with van der Waals surface area (Å²) in [5.74, 6) is -0.257. The van der Waals surface area contributed by atoms with E-state index in [1.165, 1.54) is 5.69 Å². The molecule has 1 amide bonds. The van der Waals surface area contributed by atoms with Crippen LogP contribution in [0, 0.1) is 6.92 Å². The molecule has 0 bridgehead atoms. The van der Waals surface area contributed by atoms with Gasteiger partial charge in [-0.25, -0.2) is 0 Å². The lowest BCUT2D eigenvalue weighted by Gasteiger charge is -2.20. The van der Waals surface area contributed by atoms with E-state index < -0.39 is 0 Å². The SMILES string of the molecule is CCN(CC)c1ccc(-n2nc3cc(C)c(NC(=O)c4ccccc4Cl)cc3n2)cc1. The summed E-state index contributed by atoms with van der Waals surface area (Å²) in [6.07, 6.45) is 0. The van der Waals surface area contributed by atoms with Crippen LogP contribution in [0.4, 0.5) is 11.4 Å². The molecule has 0 aliphatic rings. The molecule has 1 heterocycles. The Balaban J connectivity index is 1.62. The van der Waals surface area contributed by atoms with Gasteiger partial charge in [-0.2, -0.15) is 4.80 Å². The number of fused-ring (bicyclic) bond motifs is 1. The first-order chi connectivity index (χ1) is 15.0. The van der Waals surface area contributed by atoms with Crippen LogP contribution >= 0.6 is 11.6 Å². The highest BCUT2D eigenvalue weighted by Crippen LogP contribution is 2.24. The zero-order valence-electron chi connectivity index (χ0n) is 17.8. The standard InChI is InChI=1S/C24H24ClN5O/c1-4-29(5-2)17-10-12-18(13-11-17)30-27-22-14-16(3)21(15-23(22)28-30)26-24(31)19-8-6-7-9-20(19)25/h6-15H,4-5H2,1-3H3,(H,26,31). The first-order valence-corrected chi connectivity index (χ1v) is 10.7. The number of nitrogens with zero attached hydrogens (tertiary/aromatic N) is 4. The Morgan fingerprint density at radius 2 is 1.65 bits per heavy atom. The van der Waals surface area contributed by atoms with Crippen molar-refractivity contribution in [3.05, 3.63) is 76.8 Å². The molecule has 0 atom stereocenters. The molecule has 1 N–H and O–H groups in total. The van der Waals surface area contributed by atoms with Gasteiger partial charge in [0.05, 0.1) is 16.3 Å². The lowest BCUT2D eigenvalue weighted by atomic mass is 10.1. The summed E-state index contributed by atoms with van der Waals surface area (Å²) in [6.45, 7) is 8.14. The van der Waals surface area contributed by atoms with E-state index in [9.17, 15) is 4.79 Å². The number of halogens is 1. The molecule has 0 saturated carbocycles. The Hall–Kier alpha value is -3.38. The molecule has 4 rings (SSSR count). The third kappa shape index (κ3) is 4.25. The normalized spacial score (nSPS) is 11.0. The number of carbonyl (C=O) groups is 1. The van der Waals surface area contributed by atoms with Crippen molar-refractivity contribution in [1.82, 2.24) is 15.0 Å². The summed E-state index contributed by atoms with van der Waals surface area (Å²) in [5.41, 5.74) is 5.53. The van der Waals surface area contributed by atoms with E-state index in [0.29, 0.717) is 21.8 Å². The Bertz CT molecular complexity index is 1230. The van der Waals surface area contributed by atoms with Crippen molar-refractivity contribution in [2.45, 2.75) is 20.8 Å². The number of hydrogen-bond donors (Lipinski definition) is 1. The lowest BCUT2D eigenvalue weighted by molar-refractivity contribution is 0.102. The second-order valence-electron chi connectivity index (χ2n) is 7.27. The minimum atomic E-state index is -0.257. The van der Waals surface area contributed by atoms with Gasteiger partial charge in [-0.3, -0.25) is 4.79 Å². The first kappa shape index (κ1) is 20.9. The highest BCUT2D eigenvalue weighted by atomic mass is 35.5. The smallest absolute Gasteiger partial charge is 0.257 e. The molecule has 4 aromatic rings. The number of aryl methyl sites for hydroxylation is 1. The fourth-order valence-electron chi connectivity index (χ4n) is 3.54. The molecule has 31 heavy (non-hydrogen) atoms. The molecule has 6 nitrogen and oxygen atoms in total. The molecule has 0 spiro atoms. The van der Waals surface area contributed by atoms with E-state index in [1.54, 1.807) is 29.1 Å². The van der Waals surface area contributed by atoms with E-state index in [1.807, 2.05) is 31.2 Å². The summed E-state index contributed by atoms with van der Waals surface area (Å²) in [6, 6.07) is 18.9. The average molecular weight is 434 g/mol. The molecule has 0 unspecified atom stereocenters. The van der Waals surface area contributed by atoms with Gasteiger partial charge in [0.2, 0.25) is 0 Å². The zero-order valence-corrected chi connectivity index (χ0v) is 18.5. The minimum Gasteiger partial charge on any atom is -0.372 e. The van der Waals surface area contributed by atoms with Crippen molar-refractivity contribution in [3.8, 4) is 5.69 Å². The molecular weight excluding hydrogens is 410 g/mol. The van der Waals surface area contributed by atoms with Crippen LogP contribution in [0.3, 0.4) is 0 Å². The monoisotopic (exact) mass is 433 g/mol. The molecule has 0 saturated heterocycles. The third-order valence-corrected chi connectivity index (χ3v) is 5.63. The Morgan fingerprint density at radius 1 is 1.00 bits per heavy atom. The predicted molar refractivity (Wildman–Crippen MR) is 127 cm³/mol. The summed E-state index contributed by atoms with van der Waals surface area (Å²) in [4.78, 5) is 16.6. The van der Waals surface area contributed by atoms with Crippen LogP contribution in [0.1, 0.15) is 29.8 Å². The quantitative estimate of drug-likeness (QED) is 0.437. The number of carbonyl (C=O) groups excluding carboxylic acids is 1. The number of nitrogens with one attached hydrogen (secondary N) is 1. The second kappa shape index (κ2) is 8.78. The molecule has 7 heteroatoms. The van der Waals surface area contributed by atoms with Gasteiger partial charge in [0.1, 0.15) is 11.0 Å². The van der Waals surface area contributed by atoms with E-state index >= 15 is 0 Å². The van der Waals surface area contributed by atoms with Gasteiger partial charge < -0.3 is 10.2 Å². The third-order valence-electron chi connectivity index (χ3n) is 5.30. The fourth-order valence-corrected chi connectivity index (χ4v) is 3.76. The number of aromatic nitrogens is 3. The average Bonchev–Trinajstić information content (AvgIpc) is 3.18. The molecule has 3 aromatic carbocycles. The van der Waals surface area contributed by atoms with Gasteiger partial charge in [0, 0.05) is 24.5 Å². The molecule has 0 aliphatic carbocycles. The fraction of sp³-hybridized carbons (Fsp3) is 0.208. The summed E-state index contributed by atoms with van der Waals surface area (Å²) < 4.78 is 0. The predicted octanol–water partition coefficient (Wildman–Crippen LogP) is 5.48. The number of amides is 1. The first-order valence-electron chi connectivity index (χ1n) is 10.3. The van der Waals surface area contributed by atoms with Gasteiger partial charge in [-0.1, -0.05) is 23.7 Å². The maximum absolute atomic E-state index is 12.6.